The number of hydrogen-bond donors (Lipinski definition) is 0. The summed E-state index contributed by atoms with van der Waals surface area (Å²) in [5.74, 6) is 1.09. The quantitative estimate of drug-likeness (QED) is 0.741. The van der Waals surface area contributed by atoms with Crippen LogP contribution in [0.5, 0.6) is 0 Å². The van der Waals surface area contributed by atoms with Gasteiger partial charge in [0.15, 0.2) is 0 Å². The number of benzene rings is 2. The zero-order valence-corrected chi connectivity index (χ0v) is 13.5. The number of fused-ring (bicyclic) bond motifs is 2. The molecule has 0 atom stereocenters. The Morgan fingerprint density at radius 1 is 1.04 bits per heavy atom. The first-order valence-corrected chi connectivity index (χ1v) is 7.94. The Kier molecular flexibility index (Phi) is 3.46. The molecule has 4 nitrogen and oxygen atoms in total. The predicted octanol–water partition coefficient (Wildman–Crippen LogP) is 3.33. The van der Waals surface area contributed by atoms with Gasteiger partial charge in [-0.3, -0.25) is 9.89 Å². The lowest BCUT2D eigenvalue weighted by Crippen LogP contribution is -2.26. The number of aromatic nitrogens is 2. The molecular weight excluding hydrogens is 284 g/mol. The molecule has 2 aromatic carbocycles. The van der Waals surface area contributed by atoms with E-state index in [-0.39, 0.29) is 0 Å². The second-order valence-corrected chi connectivity index (χ2v) is 6.23. The first kappa shape index (κ1) is 14.2. The van der Waals surface area contributed by atoms with E-state index in [9.17, 15) is 0 Å². The van der Waals surface area contributed by atoms with Crippen molar-refractivity contribution in [2.24, 2.45) is 12.0 Å². The van der Waals surface area contributed by atoms with Crippen LogP contribution in [-0.4, -0.2) is 33.8 Å². The van der Waals surface area contributed by atoms with Crippen LogP contribution >= 0.6 is 0 Å². The van der Waals surface area contributed by atoms with E-state index in [1.807, 2.05) is 6.07 Å². The van der Waals surface area contributed by atoms with Crippen molar-refractivity contribution in [3.05, 3.63) is 59.9 Å². The minimum absolute atomic E-state index is 0.820. The Balaban J connectivity index is 1.48. The first-order chi connectivity index (χ1) is 11.2. The average Bonchev–Trinajstić information content (AvgIpc) is 3.09. The summed E-state index contributed by atoms with van der Waals surface area (Å²) in [7, 11) is 4.21. The summed E-state index contributed by atoms with van der Waals surface area (Å²) in [6.07, 6.45) is 0.961. The van der Waals surface area contributed by atoms with Gasteiger partial charge in [0.25, 0.3) is 0 Å². The molecule has 0 amide bonds. The van der Waals surface area contributed by atoms with Crippen molar-refractivity contribution in [3.8, 4) is 0 Å². The molecule has 0 aliphatic carbocycles. The van der Waals surface area contributed by atoms with Crippen molar-refractivity contribution in [3.63, 3.8) is 0 Å². The monoisotopic (exact) mass is 304 g/mol. The van der Waals surface area contributed by atoms with Crippen LogP contribution in [0, 0.1) is 0 Å². The molecule has 0 unspecified atom stereocenters. The van der Waals surface area contributed by atoms with Crippen molar-refractivity contribution in [1.82, 2.24) is 14.5 Å². The average molecular weight is 304 g/mol. The predicted molar refractivity (Wildman–Crippen MR) is 94.3 cm³/mol. The number of rotatable bonds is 4. The van der Waals surface area contributed by atoms with E-state index >= 15 is 0 Å². The lowest BCUT2D eigenvalue weighted by Gasteiger charge is -2.16. The molecule has 0 radical (unpaired) electrons. The molecule has 0 fully saturated rings. The topological polar surface area (TPSA) is 33.4 Å². The fourth-order valence-electron chi connectivity index (χ4n) is 3.24. The standard InChI is InChI=1S/C19H20N4/c1-22(12-15-11-14-7-3-4-8-16(14)20-15)13-19-21-17-9-5-6-10-18(17)23(19)2/h3-10H,11-13H2,1-2H3. The van der Waals surface area contributed by atoms with Crippen LogP contribution < -0.4 is 0 Å². The van der Waals surface area contributed by atoms with Gasteiger partial charge >= 0.3 is 0 Å². The van der Waals surface area contributed by atoms with Crippen molar-refractivity contribution < 1.29 is 0 Å². The maximum Gasteiger partial charge on any atom is 0.123 e. The largest absolute Gasteiger partial charge is 0.330 e. The molecule has 0 saturated heterocycles. The van der Waals surface area contributed by atoms with E-state index in [0.717, 1.165) is 36.5 Å². The molecule has 0 saturated carbocycles. The summed E-state index contributed by atoms with van der Waals surface area (Å²) in [6, 6.07) is 16.7. The van der Waals surface area contributed by atoms with Crippen molar-refractivity contribution in [2.75, 3.05) is 13.6 Å². The van der Waals surface area contributed by atoms with Gasteiger partial charge < -0.3 is 4.57 Å². The van der Waals surface area contributed by atoms with Crippen LogP contribution in [0.25, 0.3) is 11.0 Å². The molecule has 4 heteroatoms. The van der Waals surface area contributed by atoms with Crippen LogP contribution in [0.15, 0.2) is 53.5 Å². The van der Waals surface area contributed by atoms with Gasteiger partial charge in [-0.15, -0.1) is 0 Å². The van der Waals surface area contributed by atoms with Crippen LogP contribution in [0.1, 0.15) is 11.4 Å². The van der Waals surface area contributed by atoms with Crippen molar-refractivity contribution in [2.45, 2.75) is 13.0 Å². The summed E-state index contributed by atoms with van der Waals surface area (Å²) in [6.45, 7) is 1.69. The van der Waals surface area contributed by atoms with Gasteiger partial charge in [-0.05, 0) is 30.8 Å². The van der Waals surface area contributed by atoms with E-state index < -0.39 is 0 Å². The third-order valence-electron chi connectivity index (χ3n) is 4.41. The molecule has 4 rings (SSSR count). The van der Waals surface area contributed by atoms with Crippen LogP contribution in [0.4, 0.5) is 5.69 Å². The van der Waals surface area contributed by atoms with Gasteiger partial charge in [0.2, 0.25) is 0 Å². The molecule has 2 heterocycles. The second-order valence-electron chi connectivity index (χ2n) is 6.23. The minimum atomic E-state index is 0.820. The fourth-order valence-corrected chi connectivity index (χ4v) is 3.24. The van der Waals surface area contributed by atoms with Crippen LogP contribution in [0.2, 0.25) is 0 Å². The molecular formula is C19H20N4. The number of nitrogens with zero attached hydrogens (tertiary/aromatic N) is 4. The number of imidazole rings is 1. The summed E-state index contributed by atoms with van der Waals surface area (Å²) in [5, 5.41) is 0. The zero-order valence-electron chi connectivity index (χ0n) is 13.5. The van der Waals surface area contributed by atoms with E-state index in [2.05, 4.69) is 66.0 Å². The van der Waals surface area contributed by atoms with Gasteiger partial charge in [0, 0.05) is 25.7 Å². The second kappa shape index (κ2) is 5.63. The Morgan fingerprint density at radius 3 is 2.65 bits per heavy atom. The normalized spacial score (nSPS) is 13.6. The van der Waals surface area contributed by atoms with Gasteiger partial charge in [-0.25, -0.2) is 4.98 Å². The molecule has 1 aliphatic heterocycles. The molecule has 0 bridgehead atoms. The fraction of sp³-hybridized carbons (Fsp3) is 0.263. The minimum Gasteiger partial charge on any atom is -0.330 e. The van der Waals surface area contributed by atoms with E-state index in [1.54, 1.807) is 0 Å². The molecule has 23 heavy (non-hydrogen) atoms. The number of aliphatic imine (C=N–C) groups is 1. The van der Waals surface area contributed by atoms with Gasteiger partial charge in [-0.1, -0.05) is 30.3 Å². The lowest BCUT2D eigenvalue weighted by molar-refractivity contribution is 0.358. The molecule has 1 aromatic heterocycles. The van der Waals surface area contributed by atoms with Crippen LogP contribution in [-0.2, 0) is 20.0 Å². The summed E-state index contributed by atoms with van der Waals surface area (Å²) in [4.78, 5) is 11.8. The van der Waals surface area contributed by atoms with E-state index in [0.29, 0.717) is 0 Å². The zero-order chi connectivity index (χ0) is 15.8. The third-order valence-corrected chi connectivity index (χ3v) is 4.41. The Bertz CT molecular complexity index is 891. The summed E-state index contributed by atoms with van der Waals surface area (Å²) < 4.78 is 2.18. The number of aryl methyl sites for hydroxylation is 1. The highest BCUT2D eigenvalue weighted by Gasteiger charge is 2.16. The Labute approximate surface area is 136 Å². The van der Waals surface area contributed by atoms with E-state index in [4.69, 9.17) is 9.98 Å². The lowest BCUT2D eigenvalue weighted by atomic mass is 10.1. The third kappa shape index (κ3) is 2.66. The van der Waals surface area contributed by atoms with Gasteiger partial charge in [0.05, 0.1) is 23.3 Å². The smallest absolute Gasteiger partial charge is 0.123 e. The molecule has 0 N–H and O–H groups in total. The number of para-hydroxylation sites is 3. The van der Waals surface area contributed by atoms with Crippen molar-refractivity contribution >= 4 is 22.4 Å². The van der Waals surface area contributed by atoms with Crippen molar-refractivity contribution in [1.29, 1.82) is 0 Å². The summed E-state index contributed by atoms with van der Waals surface area (Å²) >= 11 is 0. The molecule has 3 aromatic rings. The highest BCUT2D eigenvalue weighted by Crippen LogP contribution is 2.26. The highest BCUT2D eigenvalue weighted by atomic mass is 15.2. The van der Waals surface area contributed by atoms with E-state index in [1.165, 1.54) is 16.8 Å². The Morgan fingerprint density at radius 2 is 1.83 bits per heavy atom. The molecule has 0 spiro atoms. The molecule has 116 valence electrons. The van der Waals surface area contributed by atoms with Gasteiger partial charge in [-0.2, -0.15) is 0 Å². The maximum absolute atomic E-state index is 4.75. The Hall–Kier alpha value is -2.46. The maximum atomic E-state index is 4.75. The molecule has 1 aliphatic rings. The SMILES string of the molecule is CN(CC1=Nc2ccccc2C1)Cc1nc2ccccc2n1C. The highest BCUT2D eigenvalue weighted by molar-refractivity contribution is 5.95. The summed E-state index contributed by atoms with van der Waals surface area (Å²) in [5.41, 5.74) is 5.93. The van der Waals surface area contributed by atoms with Gasteiger partial charge in [0.1, 0.15) is 5.82 Å². The van der Waals surface area contributed by atoms with Crippen LogP contribution in [0.3, 0.4) is 0 Å². The number of hydrogen-bond acceptors (Lipinski definition) is 3. The first-order valence-electron chi connectivity index (χ1n) is 7.94.